The lowest BCUT2D eigenvalue weighted by atomic mass is 10.2. The predicted molar refractivity (Wildman–Crippen MR) is 72.7 cm³/mol. The van der Waals surface area contributed by atoms with Gasteiger partial charge < -0.3 is 5.11 Å². The lowest BCUT2D eigenvalue weighted by molar-refractivity contribution is 0.479. The first-order valence-electron chi connectivity index (χ1n) is 5.61. The first-order valence-corrected chi connectivity index (χ1v) is 6.37. The second-order valence-corrected chi connectivity index (χ2v) is 4.66. The minimum atomic E-state index is -0.253. The maximum absolute atomic E-state index is 12.3. The predicted octanol–water partition coefficient (Wildman–Crippen LogP) is 2.99. The summed E-state index contributed by atoms with van der Waals surface area (Å²) in [6, 6.07) is 1.36. The van der Waals surface area contributed by atoms with Gasteiger partial charge in [0.05, 0.1) is 15.4 Å². The Morgan fingerprint density at radius 3 is 2.56 bits per heavy atom. The number of benzene rings is 1. The number of fused-ring (bicyclic) bond motifs is 1. The molecule has 0 saturated carbocycles. The molecule has 4 nitrogen and oxygen atoms in total. The topological polar surface area (TPSA) is 55.1 Å². The standard InChI is InChI=1S/C12H12Cl2N2O2/c1-3-8-15-10-9(12(18)16(8)4-2)6(13)5-7(14)11(10)17/h5,17H,3-4H2,1-2H3. The Bertz CT molecular complexity index is 680. The summed E-state index contributed by atoms with van der Waals surface area (Å²) in [5.74, 6) is 0.398. The van der Waals surface area contributed by atoms with E-state index >= 15 is 0 Å². The van der Waals surface area contributed by atoms with Crippen LogP contribution in [0.4, 0.5) is 0 Å². The van der Waals surface area contributed by atoms with Crippen molar-refractivity contribution in [1.82, 2.24) is 9.55 Å². The molecule has 0 unspecified atom stereocenters. The van der Waals surface area contributed by atoms with Gasteiger partial charge in [0.15, 0.2) is 5.75 Å². The van der Waals surface area contributed by atoms with Gasteiger partial charge in [0.25, 0.3) is 5.56 Å². The van der Waals surface area contributed by atoms with Crippen LogP contribution in [0.2, 0.25) is 10.0 Å². The van der Waals surface area contributed by atoms with Gasteiger partial charge in [-0.15, -0.1) is 0 Å². The number of aromatic hydroxyl groups is 1. The first-order chi connectivity index (χ1) is 8.51. The Labute approximate surface area is 114 Å². The number of hydrogen-bond donors (Lipinski definition) is 1. The number of halogens is 2. The number of rotatable bonds is 2. The van der Waals surface area contributed by atoms with E-state index < -0.39 is 0 Å². The summed E-state index contributed by atoms with van der Waals surface area (Å²) in [5, 5.41) is 10.4. The van der Waals surface area contributed by atoms with Crippen LogP contribution in [0.5, 0.6) is 5.75 Å². The molecule has 0 spiro atoms. The number of aromatic nitrogens is 2. The van der Waals surface area contributed by atoms with E-state index in [2.05, 4.69) is 4.98 Å². The van der Waals surface area contributed by atoms with Crippen LogP contribution in [0.3, 0.4) is 0 Å². The molecule has 0 aliphatic carbocycles. The third-order valence-corrected chi connectivity index (χ3v) is 3.41. The van der Waals surface area contributed by atoms with Crippen LogP contribution >= 0.6 is 23.2 Å². The smallest absolute Gasteiger partial charge is 0.263 e. The van der Waals surface area contributed by atoms with Crippen molar-refractivity contribution in [1.29, 1.82) is 0 Å². The summed E-state index contributed by atoms with van der Waals surface area (Å²) in [7, 11) is 0. The summed E-state index contributed by atoms with van der Waals surface area (Å²) in [6.07, 6.45) is 0.586. The van der Waals surface area contributed by atoms with Gasteiger partial charge in [0.1, 0.15) is 11.3 Å². The van der Waals surface area contributed by atoms with Crippen molar-refractivity contribution in [3.63, 3.8) is 0 Å². The van der Waals surface area contributed by atoms with E-state index in [1.54, 1.807) is 4.57 Å². The van der Waals surface area contributed by atoms with E-state index in [1.807, 2.05) is 13.8 Å². The van der Waals surface area contributed by atoms with Crippen molar-refractivity contribution in [2.45, 2.75) is 26.8 Å². The highest BCUT2D eigenvalue weighted by Crippen LogP contribution is 2.34. The normalized spacial score (nSPS) is 11.1. The summed E-state index contributed by atoms with van der Waals surface area (Å²) in [6.45, 7) is 4.26. The average Bonchev–Trinajstić information content (AvgIpc) is 2.34. The molecular weight excluding hydrogens is 275 g/mol. The van der Waals surface area contributed by atoms with E-state index in [9.17, 15) is 9.90 Å². The lowest BCUT2D eigenvalue weighted by Gasteiger charge is -2.12. The Hall–Kier alpha value is -1.26. The molecule has 0 bridgehead atoms. The molecule has 0 atom stereocenters. The minimum Gasteiger partial charge on any atom is -0.504 e. The molecule has 96 valence electrons. The minimum absolute atomic E-state index is 0.0932. The van der Waals surface area contributed by atoms with Gasteiger partial charge in [-0.3, -0.25) is 9.36 Å². The van der Waals surface area contributed by atoms with E-state index in [4.69, 9.17) is 23.2 Å². The van der Waals surface area contributed by atoms with Gasteiger partial charge in [-0.2, -0.15) is 0 Å². The molecule has 1 N–H and O–H groups in total. The van der Waals surface area contributed by atoms with Crippen molar-refractivity contribution in [2.75, 3.05) is 0 Å². The number of hydrogen-bond acceptors (Lipinski definition) is 3. The SMILES string of the molecule is CCc1nc2c(O)c(Cl)cc(Cl)c2c(=O)n1CC. The van der Waals surface area contributed by atoms with Crippen molar-refractivity contribution in [3.05, 3.63) is 32.3 Å². The number of nitrogens with zero attached hydrogens (tertiary/aromatic N) is 2. The number of aryl methyl sites for hydroxylation is 1. The van der Waals surface area contributed by atoms with E-state index in [-0.39, 0.29) is 32.3 Å². The zero-order valence-electron chi connectivity index (χ0n) is 10.00. The molecule has 2 rings (SSSR count). The van der Waals surface area contributed by atoms with Gasteiger partial charge in [0, 0.05) is 13.0 Å². The van der Waals surface area contributed by atoms with Gasteiger partial charge in [0.2, 0.25) is 0 Å². The molecule has 0 amide bonds. The first kappa shape index (κ1) is 13.2. The van der Waals surface area contributed by atoms with Crippen LogP contribution in [0.25, 0.3) is 10.9 Å². The van der Waals surface area contributed by atoms with Crippen molar-refractivity contribution >= 4 is 34.1 Å². The second kappa shape index (κ2) is 4.78. The van der Waals surface area contributed by atoms with E-state index in [0.29, 0.717) is 18.8 Å². The van der Waals surface area contributed by atoms with Crippen molar-refractivity contribution in [3.8, 4) is 5.75 Å². The fourth-order valence-corrected chi connectivity index (χ4v) is 2.48. The molecule has 1 aromatic heterocycles. The van der Waals surface area contributed by atoms with Crippen LogP contribution < -0.4 is 5.56 Å². The fourth-order valence-electron chi connectivity index (χ4n) is 1.95. The maximum Gasteiger partial charge on any atom is 0.263 e. The van der Waals surface area contributed by atoms with Crippen molar-refractivity contribution < 1.29 is 5.11 Å². The molecule has 0 aliphatic rings. The molecule has 0 fully saturated rings. The molecule has 18 heavy (non-hydrogen) atoms. The monoisotopic (exact) mass is 286 g/mol. The van der Waals surface area contributed by atoms with Crippen LogP contribution in [-0.2, 0) is 13.0 Å². The largest absolute Gasteiger partial charge is 0.504 e. The molecule has 0 radical (unpaired) electrons. The molecule has 6 heteroatoms. The molecule has 0 saturated heterocycles. The number of phenolic OH excluding ortho intramolecular Hbond substituents is 1. The van der Waals surface area contributed by atoms with E-state index in [0.717, 1.165) is 0 Å². The number of phenols is 1. The molecule has 0 aliphatic heterocycles. The highest BCUT2D eigenvalue weighted by molar-refractivity contribution is 6.39. The highest BCUT2D eigenvalue weighted by atomic mass is 35.5. The molecule has 1 aromatic carbocycles. The quantitative estimate of drug-likeness (QED) is 0.923. The molecule has 2 aromatic rings. The third-order valence-electron chi connectivity index (χ3n) is 2.82. The Kier molecular flexibility index (Phi) is 3.50. The van der Waals surface area contributed by atoms with Gasteiger partial charge in [-0.05, 0) is 13.0 Å². The van der Waals surface area contributed by atoms with Gasteiger partial charge in [-0.25, -0.2) is 4.98 Å². The van der Waals surface area contributed by atoms with E-state index in [1.165, 1.54) is 6.07 Å². The molecule has 1 heterocycles. The maximum atomic E-state index is 12.3. The van der Waals surface area contributed by atoms with Crippen LogP contribution in [0, 0.1) is 0 Å². The van der Waals surface area contributed by atoms with Crippen LogP contribution in [0.15, 0.2) is 10.9 Å². The zero-order valence-corrected chi connectivity index (χ0v) is 11.5. The van der Waals surface area contributed by atoms with Crippen molar-refractivity contribution in [2.24, 2.45) is 0 Å². The fraction of sp³-hybridized carbons (Fsp3) is 0.333. The Morgan fingerprint density at radius 2 is 2.00 bits per heavy atom. The van der Waals surface area contributed by atoms with Gasteiger partial charge >= 0.3 is 0 Å². The third kappa shape index (κ3) is 1.85. The zero-order chi connectivity index (χ0) is 13.4. The van der Waals surface area contributed by atoms with Crippen LogP contribution in [0.1, 0.15) is 19.7 Å². The second-order valence-electron chi connectivity index (χ2n) is 3.84. The average molecular weight is 287 g/mol. The molecular formula is C12H12Cl2N2O2. The van der Waals surface area contributed by atoms with Gasteiger partial charge in [-0.1, -0.05) is 30.1 Å². The highest BCUT2D eigenvalue weighted by Gasteiger charge is 2.17. The Balaban J connectivity index is 3.04. The lowest BCUT2D eigenvalue weighted by Crippen LogP contribution is -2.24. The summed E-state index contributed by atoms with van der Waals surface area (Å²) < 4.78 is 1.54. The Morgan fingerprint density at radius 1 is 1.33 bits per heavy atom. The summed E-state index contributed by atoms with van der Waals surface area (Å²) in [4.78, 5) is 16.6. The summed E-state index contributed by atoms with van der Waals surface area (Å²) >= 11 is 11.8. The van der Waals surface area contributed by atoms with Crippen LogP contribution in [-0.4, -0.2) is 14.7 Å². The summed E-state index contributed by atoms with van der Waals surface area (Å²) in [5.41, 5.74) is -0.0876.